The molecule has 3 unspecified atom stereocenters. The second kappa shape index (κ2) is 4.99. The van der Waals surface area contributed by atoms with Gasteiger partial charge in [0.1, 0.15) is 0 Å². The van der Waals surface area contributed by atoms with Gasteiger partial charge in [0.2, 0.25) is 0 Å². The van der Waals surface area contributed by atoms with Crippen LogP contribution in [0.1, 0.15) is 17.7 Å². The van der Waals surface area contributed by atoms with Gasteiger partial charge in [-0.1, -0.05) is 29.8 Å². The summed E-state index contributed by atoms with van der Waals surface area (Å²) in [6, 6.07) is 8.83. The van der Waals surface area contributed by atoms with E-state index in [-0.39, 0.29) is 0 Å². The monoisotopic (exact) mass is 306 g/mol. The molecule has 106 valence electrons. The zero-order valence-electron chi connectivity index (χ0n) is 11.4. The van der Waals surface area contributed by atoms with Crippen molar-refractivity contribution in [1.29, 1.82) is 0 Å². The highest BCUT2D eigenvalue weighted by molar-refractivity contribution is 7.19. The van der Waals surface area contributed by atoms with Crippen molar-refractivity contribution in [3.05, 3.63) is 34.2 Å². The maximum atomic E-state index is 6.54. The predicted molar refractivity (Wildman–Crippen MR) is 86.3 cm³/mol. The molecule has 1 aliphatic heterocycles. The Labute approximate surface area is 128 Å². The molecule has 0 bridgehead atoms. The molecule has 2 N–H and O–H groups in total. The zero-order chi connectivity index (χ0) is 13.7. The minimum atomic E-state index is 0.419. The Morgan fingerprint density at radius 1 is 1.25 bits per heavy atom. The number of hydrogen-bond acceptors (Lipinski definition) is 3. The molecule has 2 heterocycles. The number of thiophene rings is 1. The highest BCUT2D eigenvalue weighted by Crippen LogP contribution is 2.40. The van der Waals surface area contributed by atoms with Crippen molar-refractivity contribution in [2.75, 3.05) is 13.1 Å². The molecule has 1 saturated carbocycles. The summed E-state index contributed by atoms with van der Waals surface area (Å²) in [5.41, 5.74) is 6.22. The molecule has 1 aromatic heterocycles. The maximum absolute atomic E-state index is 6.54. The fourth-order valence-electron chi connectivity index (χ4n) is 3.90. The van der Waals surface area contributed by atoms with E-state index in [1.165, 1.54) is 34.3 Å². The fourth-order valence-corrected chi connectivity index (χ4v) is 5.43. The highest BCUT2D eigenvalue weighted by Gasteiger charge is 2.40. The van der Waals surface area contributed by atoms with Crippen LogP contribution in [0.2, 0.25) is 5.02 Å². The van der Waals surface area contributed by atoms with Crippen molar-refractivity contribution in [1.82, 2.24) is 4.90 Å². The van der Waals surface area contributed by atoms with E-state index >= 15 is 0 Å². The molecule has 0 amide bonds. The van der Waals surface area contributed by atoms with E-state index in [1.54, 1.807) is 0 Å². The molecule has 1 saturated heterocycles. The number of nitrogens with zero attached hydrogens (tertiary/aromatic N) is 1. The first-order chi connectivity index (χ1) is 9.72. The third-order valence-electron chi connectivity index (χ3n) is 4.96. The van der Waals surface area contributed by atoms with Crippen molar-refractivity contribution in [3.8, 4) is 0 Å². The lowest BCUT2D eigenvalue weighted by Crippen LogP contribution is -2.30. The van der Waals surface area contributed by atoms with Crippen LogP contribution in [-0.2, 0) is 6.54 Å². The van der Waals surface area contributed by atoms with Crippen LogP contribution in [0, 0.1) is 11.8 Å². The molecule has 0 spiro atoms. The minimum absolute atomic E-state index is 0.419. The predicted octanol–water partition coefficient (Wildman–Crippen LogP) is 3.72. The normalized spacial score (nSPS) is 30.2. The van der Waals surface area contributed by atoms with Crippen LogP contribution in [0.15, 0.2) is 24.3 Å². The van der Waals surface area contributed by atoms with Gasteiger partial charge in [-0.25, -0.2) is 0 Å². The van der Waals surface area contributed by atoms with Crippen molar-refractivity contribution in [3.63, 3.8) is 0 Å². The highest BCUT2D eigenvalue weighted by atomic mass is 35.5. The Morgan fingerprint density at radius 3 is 2.90 bits per heavy atom. The number of fused-ring (bicyclic) bond motifs is 2. The fraction of sp³-hybridized carbons (Fsp3) is 0.500. The lowest BCUT2D eigenvalue weighted by Gasteiger charge is -2.17. The average Bonchev–Trinajstić information content (AvgIpc) is 3.08. The summed E-state index contributed by atoms with van der Waals surface area (Å²) in [6.07, 6.45) is 2.52. The van der Waals surface area contributed by atoms with Crippen molar-refractivity contribution < 1.29 is 0 Å². The molecule has 1 aliphatic carbocycles. The zero-order valence-corrected chi connectivity index (χ0v) is 13.0. The van der Waals surface area contributed by atoms with Gasteiger partial charge in [-0.3, -0.25) is 4.90 Å². The van der Waals surface area contributed by atoms with Gasteiger partial charge in [-0.2, -0.15) is 0 Å². The third-order valence-corrected chi connectivity index (χ3v) is 6.66. The van der Waals surface area contributed by atoms with Gasteiger partial charge in [0.25, 0.3) is 0 Å². The van der Waals surface area contributed by atoms with E-state index in [1.807, 2.05) is 11.3 Å². The third kappa shape index (κ3) is 2.08. The van der Waals surface area contributed by atoms with Crippen LogP contribution >= 0.6 is 22.9 Å². The Bertz CT molecular complexity index is 638. The number of hydrogen-bond donors (Lipinski definition) is 1. The number of likely N-dealkylation sites (tertiary alicyclic amines) is 1. The standard InChI is InChI=1S/C16H19ClN2S/c17-16-11-3-1-2-4-14(11)20-15(16)9-19-7-10-5-6-13(18)12(10)8-19/h1-4,10,12-13H,5-9,18H2. The Kier molecular flexibility index (Phi) is 3.26. The summed E-state index contributed by atoms with van der Waals surface area (Å²) >= 11 is 8.38. The van der Waals surface area contributed by atoms with Crippen LogP contribution in [0.5, 0.6) is 0 Å². The Hall–Kier alpha value is -0.610. The Morgan fingerprint density at radius 2 is 2.10 bits per heavy atom. The van der Waals surface area contributed by atoms with Crippen LogP contribution < -0.4 is 5.73 Å². The molecule has 4 heteroatoms. The second-order valence-electron chi connectivity index (χ2n) is 6.19. The van der Waals surface area contributed by atoms with Crippen molar-refractivity contribution in [2.45, 2.75) is 25.4 Å². The van der Waals surface area contributed by atoms with Crippen LogP contribution in [-0.4, -0.2) is 24.0 Å². The minimum Gasteiger partial charge on any atom is -0.327 e. The number of halogens is 1. The first kappa shape index (κ1) is 13.1. The van der Waals surface area contributed by atoms with Gasteiger partial charge in [0.15, 0.2) is 0 Å². The van der Waals surface area contributed by atoms with E-state index in [4.69, 9.17) is 17.3 Å². The SMILES string of the molecule is NC1CCC2CN(Cc3sc4ccccc4c3Cl)CC12. The van der Waals surface area contributed by atoms with E-state index in [9.17, 15) is 0 Å². The molecular formula is C16H19ClN2S. The van der Waals surface area contributed by atoms with Gasteiger partial charge in [-0.15, -0.1) is 11.3 Å². The molecule has 0 radical (unpaired) electrons. The second-order valence-corrected chi connectivity index (χ2v) is 7.71. The summed E-state index contributed by atoms with van der Waals surface area (Å²) in [6.45, 7) is 3.33. The van der Waals surface area contributed by atoms with Gasteiger partial charge in [-0.05, 0) is 30.7 Å². The van der Waals surface area contributed by atoms with E-state index in [0.29, 0.717) is 12.0 Å². The summed E-state index contributed by atoms with van der Waals surface area (Å²) in [7, 11) is 0. The van der Waals surface area contributed by atoms with Gasteiger partial charge in [0, 0.05) is 40.6 Å². The number of nitrogens with two attached hydrogens (primary N) is 1. The molecule has 2 aromatic rings. The van der Waals surface area contributed by atoms with Crippen LogP contribution in [0.3, 0.4) is 0 Å². The van der Waals surface area contributed by atoms with Crippen LogP contribution in [0.4, 0.5) is 0 Å². The first-order valence-corrected chi connectivity index (χ1v) is 8.55. The summed E-state index contributed by atoms with van der Waals surface area (Å²) in [5, 5.41) is 2.15. The number of benzene rings is 1. The molecule has 2 aliphatic rings. The molecule has 20 heavy (non-hydrogen) atoms. The summed E-state index contributed by atoms with van der Waals surface area (Å²) in [5.74, 6) is 1.53. The average molecular weight is 307 g/mol. The van der Waals surface area contributed by atoms with Gasteiger partial charge < -0.3 is 5.73 Å². The lowest BCUT2D eigenvalue weighted by molar-refractivity contribution is 0.301. The smallest absolute Gasteiger partial charge is 0.0637 e. The molecule has 2 fully saturated rings. The quantitative estimate of drug-likeness (QED) is 0.916. The van der Waals surface area contributed by atoms with E-state index in [0.717, 1.165) is 24.0 Å². The van der Waals surface area contributed by atoms with Crippen molar-refractivity contribution >= 4 is 33.0 Å². The molecule has 2 nitrogen and oxygen atoms in total. The van der Waals surface area contributed by atoms with E-state index < -0.39 is 0 Å². The Balaban J connectivity index is 1.55. The molecular weight excluding hydrogens is 288 g/mol. The van der Waals surface area contributed by atoms with Gasteiger partial charge >= 0.3 is 0 Å². The molecule has 1 aromatic carbocycles. The maximum Gasteiger partial charge on any atom is 0.0637 e. The van der Waals surface area contributed by atoms with E-state index in [2.05, 4.69) is 29.2 Å². The molecule has 4 rings (SSSR count). The topological polar surface area (TPSA) is 29.3 Å². The summed E-state index contributed by atoms with van der Waals surface area (Å²) < 4.78 is 1.29. The first-order valence-electron chi connectivity index (χ1n) is 7.36. The van der Waals surface area contributed by atoms with Crippen molar-refractivity contribution in [2.24, 2.45) is 17.6 Å². The summed E-state index contributed by atoms with van der Waals surface area (Å²) in [4.78, 5) is 3.85. The van der Waals surface area contributed by atoms with Crippen LogP contribution in [0.25, 0.3) is 10.1 Å². The lowest BCUT2D eigenvalue weighted by atomic mass is 9.98. The molecule has 3 atom stereocenters. The number of rotatable bonds is 2. The largest absolute Gasteiger partial charge is 0.327 e. The van der Waals surface area contributed by atoms with Gasteiger partial charge in [0.05, 0.1) is 5.02 Å².